The van der Waals surface area contributed by atoms with Gasteiger partial charge in [0.15, 0.2) is 0 Å². The molecule has 1 saturated heterocycles. The molecule has 2 N–H and O–H groups in total. The highest BCUT2D eigenvalue weighted by Gasteiger charge is 2.22. The topological polar surface area (TPSA) is 70.6 Å². The summed E-state index contributed by atoms with van der Waals surface area (Å²) in [5, 5.41) is 17.1. The monoisotopic (exact) mass is 345 g/mol. The van der Waals surface area contributed by atoms with E-state index < -0.39 is 6.10 Å². The van der Waals surface area contributed by atoms with Crippen molar-refractivity contribution in [1.29, 1.82) is 0 Å². The molecule has 0 aliphatic carbocycles. The molecule has 3 rings (SSSR count). The second-order valence-corrected chi connectivity index (χ2v) is 6.62. The average molecular weight is 345 g/mol. The normalized spacial score (nSPS) is 17.5. The molecule has 1 aromatic heterocycles. The fraction of sp³-hybridized carbons (Fsp3) is 0.526. The number of aliphatic hydroxyl groups is 1. The average Bonchev–Trinajstić information content (AvgIpc) is 3.18. The van der Waals surface area contributed by atoms with Crippen molar-refractivity contribution in [2.24, 2.45) is 0 Å². The number of ether oxygens (including phenoxy) is 2. The highest BCUT2D eigenvalue weighted by molar-refractivity contribution is 5.26. The minimum absolute atomic E-state index is 0.355. The van der Waals surface area contributed by atoms with Crippen LogP contribution in [0.3, 0.4) is 0 Å². The summed E-state index contributed by atoms with van der Waals surface area (Å²) >= 11 is 0. The van der Waals surface area contributed by atoms with Gasteiger partial charge in [-0.3, -0.25) is 5.10 Å². The molecular formula is C19H27N3O3. The van der Waals surface area contributed by atoms with Crippen LogP contribution < -0.4 is 4.74 Å². The number of aromatic amines is 1. The Morgan fingerprint density at radius 1 is 1.28 bits per heavy atom. The molecule has 136 valence electrons. The number of nitrogens with zero attached hydrogens (tertiary/aromatic N) is 2. The van der Waals surface area contributed by atoms with Crippen LogP contribution in [-0.4, -0.2) is 59.7 Å². The van der Waals surface area contributed by atoms with Crippen LogP contribution >= 0.6 is 0 Å². The SMILES string of the molecule is COc1ccc(COC[C@@H](O)CN2CCC(c3cn[nH]c3)CC2)cc1. The van der Waals surface area contributed by atoms with E-state index in [-0.39, 0.29) is 0 Å². The van der Waals surface area contributed by atoms with Crippen molar-refractivity contribution in [2.45, 2.75) is 31.5 Å². The van der Waals surface area contributed by atoms with Gasteiger partial charge in [-0.1, -0.05) is 12.1 Å². The Kier molecular flexibility index (Phi) is 6.44. The second kappa shape index (κ2) is 8.99. The lowest BCUT2D eigenvalue weighted by molar-refractivity contribution is 0.00621. The van der Waals surface area contributed by atoms with Crippen LogP contribution in [0, 0.1) is 0 Å². The number of nitrogens with one attached hydrogen (secondary N) is 1. The molecule has 1 fully saturated rings. The number of benzene rings is 1. The molecular weight excluding hydrogens is 318 g/mol. The van der Waals surface area contributed by atoms with Gasteiger partial charge in [0.05, 0.1) is 32.6 Å². The number of aliphatic hydroxyl groups excluding tert-OH is 1. The zero-order valence-corrected chi connectivity index (χ0v) is 14.7. The Labute approximate surface area is 148 Å². The highest BCUT2D eigenvalue weighted by Crippen LogP contribution is 2.27. The molecule has 0 unspecified atom stereocenters. The Bertz CT molecular complexity index is 607. The minimum Gasteiger partial charge on any atom is -0.497 e. The van der Waals surface area contributed by atoms with Crippen molar-refractivity contribution in [3.8, 4) is 5.75 Å². The fourth-order valence-corrected chi connectivity index (χ4v) is 3.32. The van der Waals surface area contributed by atoms with Gasteiger partial charge in [-0.25, -0.2) is 0 Å². The van der Waals surface area contributed by atoms with E-state index in [9.17, 15) is 5.11 Å². The summed E-state index contributed by atoms with van der Waals surface area (Å²) in [5.41, 5.74) is 2.37. The van der Waals surface area contributed by atoms with E-state index >= 15 is 0 Å². The van der Waals surface area contributed by atoms with E-state index in [4.69, 9.17) is 9.47 Å². The van der Waals surface area contributed by atoms with Crippen molar-refractivity contribution < 1.29 is 14.6 Å². The van der Waals surface area contributed by atoms with Crippen LogP contribution in [-0.2, 0) is 11.3 Å². The maximum Gasteiger partial charge on any atom is 0.118 e. The third-order valence-electron chi connectivity index (χ3n) is 4.79. The molecule has 0 bridgehead atoms. The zero-order chi connectivity index (χ0) is 17.5. The first-order chi connectivity index (χ1) is 12.2. The van der Waals surface area contributed by atoms with Gasteiger partial charge in [0, 0.05) is 12.7 Å². The maximum absolute atomic E-state index is 10.2. The first-order valence-corrected chi connectivity index (χ1v) is 8.84. The van der Waals surface area contributed by atoms with Crippen molar-refractivity contribution in [3.05, 3.63) is 47.8 Å². The predicted octanol–water partition coefficient (Wildman–Crippen LogP) is 2.18. The van der Waals surface area contributed by atoms with Gasteiger partial charge in [0.2, 0.25) is 0 Å². The largest absolute Gasteiger partial charge is 0.497 e. The van der Waals surface area contributed by atoms with Gasteiger partial charge in [-0.15, -0.1) is 0 Å². The first-order valence-electron chi connectivity index (χ1n) is 8.84. The number of rotatable bonds is 8. The predicted molar refractivity (Wildman–Crippen MR) is 95.7 cm³/mol. The minimum atomic E-state index is -0.455. The standard InChI is InChI=1S/C19H27N3O3/c1-24-19-4-2-15(3-5-19)13-25-14-18(23)12-22-8-6-16(7-9-22)17-10-20-21-11-17/h2-5,10-11,16,18,23H,6-9,12-14H2,1H3,(H,20,21)/t18-/m0/s1. The Morgan fingerprint density at radius 3 is 2.68 bits per heavy atom. The smallest absolute Gasteiger partial charge is 0.118 e. The Hall–Kier alpha value is -1.89. The summed E-state index contributed by atoms with van der Waals surface area (Å²) in [5.74, 6) is 1.42. The third-order valence-corrected chi connectivity index (χ3v) is 4.79. The summed E-state index contributed by atoms with van der Waals surface area (Å²) < 4.78 is 10.8. The number of methoxy groups -OCH3 is 1. The van der Waals surface area contributed by atoms with E-state index in [0.29, 0.717) is 25.7 Å². The van der Waals surface area contributed by atoms with Gasteiger partial charge in [0.1, 0.15) is 5.75 Å². The summed E-state index contributed by atoms with van der Waals surface area (Å²) in [4.78, 5) is 2.32. The van der Waals surface area contributed by atoms with E-state index in [0.717, 1.165) is 37.2 Å². The van der Waals surface area contributed by atoms with Gasteiger partial charge < -0.3 is 19.5 Å². The van der Waals surface area contributed by atoms with Crippen LogP contribution in [0.5, 0.6) is 5.75 Å². The van der Waals surface area contributed by atoms with Gasteiger partial charge in [-0.05, 0) is 55.1 Å². The molecule has 2 aromatic rings. The molecule has 6 heteroatoms. The summed E-state index contributed by atoms with van der Waals surface area (Å²) in [7, 11) is 1.65. The molecule has 1 aliphatic rings. The molecule has 0 radical (unpaired) electrons. The quantitative estimate of drug-likeness (QED) is 0.767. The molecule has 0 spiro atoms. The fourth-order valence-electron chi connectivity index (χ4n) is 3.32. The molecule has 1 atom stereocenters. The lowest BCUT2D eigenvalue weighted by atomic mass is 9.91. The molecule has 25 heavy (non-hydrogen) atoms. The zero-order valence-electron chi connectivity index (χ0n) is 14.7. The molecule has 6 nitrogen and oxygen atoms in total. The highest BCUT2D eigenvalue weighted by atomic mass is 16.5. The lowest BCUT2D eigenvalue weighted by Gasteiger charge is -2.32. The number of β-amino-alcohol motifs (C(OH)–C–C–N with tert-alkyl or cyclic N) is 1. The van der Waals surface area contributed by atoms with Gasteiger partial charge >= 0.3 is 0 Å². The van der Waals surface area contributed by atoms with E-state index in [1.807, 2.05) is 36.7 Å². The van der Waals surface area contributed by atoms with Gasteiger partial charge in [-0.2, -0.15) is 5.10 Å². The number of hydrogen-bond donors (Lipinski definition) is 2. The number of hydrogen-bond acceptors (Lipinski definition) is 5. The van der Waals surface area contributed by atoms with Gasteiger partial charge in [0.25, 0.3) is 0 Å². The van der Waals surface area contributed by atoms with Crippen LogP contribution in [0.25, 0.3) is 0 Å². The van der Waals surface area contributed by atoms with Crippen LogP contribution in [0.15, 0.2) is 36.7 Å². The Morgan fingerprint density at radius 2 is 2.04 bits per heavy atom. The van der Waals surface area contributed by atoms with Crippen molar-refractivity contribution in [2.75, 3.05) is 33.4 Å². The molecule has 1 aliphatic heterocycles. The molecule has 0 amide bonds. The number of H-pyrrole nitrogens is 1. The van der Waals surface area contributed by atoms with E-state index in [1.165, 1.54) is 5.56 Å². The molecule has 0 saturated carbocycles. The Balaban J connectivity index is 1.33. The van der Waals surface area contributed by atoms with Crippen molar-refractivity contribution in [3.63, 3.8) is 0 Å². The maximum atomic E-state index is 10.2. The van der Waals surface area contributed by atoms with Crippen LogP contribution in [0.2, 0.25) is 0 Å². The molecule has 1 aromatic carbocycles. The van der Waals surface area contributed by atoms with Crippen LogP contribution in [0.4, 0.5) is 0 Å². The summed E-state index contributed by atoms with van der Waals surface area (Å²) in [6, 6.07) is 7.79. The first kappa shape index (κ1) is 17.9. The summed E-state index contributed by atoms with van der Waals surface area (Å²) in [6.45, 7) is 3.54. The number of piperidine rings is 1. The number of likely N-dealkylation sites (tertiary alicyclic amines) is 1. The van der Waals surface area contributed by atoms with Crippen LogP contribution in [0.1, 0.15) is 29.9 Å². The second-order valence-electron chi connectivity index (χ2n) is 6.62. The van der Waals surface area contributed by atoms with Crippen molar-refractivity contribution in [1.82, 2.24) is 15.1 Å². The lowest BCUT2D eigenvalue weighted by Crippen LogP contribution is -2.39. The van der Waals surface area contributed by atoms with Crippen molar-refractivity contribution >= 4 is 0 Å². The molecule has 2 heterocycles. The third kappa shape index (κ3) is 5.29. The summed E-state index contributed by atoms with van der Waals surface area (Å²) in [6.07, 6.45) is 5.67. The number of aromatic nitrogens is 2. The van der Waals surface area contributed by atoms with E-state index in [2.05, 4.69) is 15.1 Å². The van der Waals surface area contributed by atoms with E-state index in [1.54, 1.807) is 7.11 Å².